The number of hydrogen-bond acceptors (Lipinski definition) is 3. The molecule has 0 fully saturated rings. The Hall–Kier alpha value is -2.82. The number of aliphatic carboxylic acids is 1. The van der Waals surface area contributed by atoms with Crippen molar-refractivity contribution in [3.8, 4) is 5.75 Å². The number of amides is 1. The summed E-state index contributed by atoms with van der Waals surface area (Å²) in [4.78, 5) is 23.9. The van der Waals surface area contributed by atoms with Gasteiger partial charge in [0.2, 0.25) is 0 Å². The molecular weight excluding hydrogens is 306 g/mol. The molecule has 2 unspecified atom stereocenters. The molecule has 0 saturated heterocycles. The predicted octanol–water partition coefficient (Wildman–Crippen LogP) is 3.28. The van der Waals surface area contributed by atoms with Crippen LogP contribution >= 0.6 is 0 Å². The van der Waals surface area contributed by atoms with Gasteiger partial charge in [-0.05, 0) is 43.7 Å². The summed E-state index contributed by atoms with van der Waals surface area (Å²) in [6.45, 7) is 4.02. The number of carboxylic acids is 1. The Morgan fingerprint density at radius 3 is 2.25 bits per heavy atom. The third-order valence-electron chi connectivity index (χ3n) is 3.76. The summed E-state index contributed by atoms with van der Waals surface area (Å²) in [5, 5.41) is 12.1. The molecule has 2 N–H and O–H groups in total. The molecule has 0 saturated carbocycles. The second-order valence-electron chi connectivity index (χ2n) is 5.45. The molecule has 126 valence electrons. The first kappa shape index (κ1) is 17.5. The summed E-state index contributed by atoms with van der Waals surface area (Å²) in [5.74, 6) is -1.34. The van der Waals surface area contributed by atoms with Crippen molar-refractivity contribution in [3.05, 3.63) is 65.7 Å². The van der Waals surface area contributed by atoms with E-state index >= 15 is 0 Å². The molecule has 2 aromatic rings. The van der Waals surface area contributed by atoms with Gasteiger partial charge in [0.05, 0.1) is 18.6 Å². The van der Waals surface area contributed by atoms with E-state index in [2.05, 4.69) is 5.32 Å². The maximum absolute atomic E-state index is 12.5. The smallest absolute Gasteiger partial charge is 0.308 e. The number of ether oxygens (including phenoxy) is 1. The fourth-order valence-electron chi connectivity index (χ4n) is 2.39. The molecule has 0 bridgehead atoms. The van der Waals surface area contributed by atoms with Gasteiger partial charge in [0.15, 0.2) is 0 Å². The predicted molar refractivity (Wildman–Crippen MR) is 91.1 cm³/mol. The Morgan fingerprint density at radius 1 is 1.08 bits per heavy atom. The highest BCUT2D eigenvalue weighted by molar-refractivity contribution is 5.94. The van der Waals surface area contributed by atoms with Crippen molar-refractivity contribution >= 4 is 11.9 Å². The van der Waals surface area contributed by atoms with Crippen LogP contribution in [0.5, 0.6) is 5.75 Å². The molecule has 0 aliphatic rings. The Labute approximate surface area is 141 Å². The summed E-state index contributed by atoms with van der Waals surface area (Å²) in [5.41, 5.74) is 1.21. The van der Waals surface area contributed by atoms with Crippen LogP contribution in [0, 0.1) is 5.92 Å². The summed E-state index contributed by atoms with van der Waals surface area (Å²) in [6.07, 6.45) is 0. The van der Waals surface area contributed by atoms with Gasteiger partial charge in [0, 0.05) is 5.56 Å². The maximum Gasteiger partial charge on any atom is 0.308 e. The molecule has 0 aromatic heterocycles. The van der Waals surface area contributed by atoms with Crippen LogP contribution < -0.4 is 10.1 Å². The van der Waals surface area contributed by atoms with Crippen LogP contribution in [0.3, 0.4) is 0 Å². The zero-order chi connectivity index (χ0) is 17.5. The monoisotopic (exact) mass is 327 g/mol. The first-order chi connectivity index (χ1) is 11.5. The van der Waals surface area contributed by atoms with Crippen molar-refractivity contribution in [2.75, 3.05) is 6.61 Å². The van der Waals surface area contributed by atoms with Gasteiger partial charge in [-0.25, -0.2) is 0 Å². The topological polar surface area (TPSA) is 75.6 Å². The largest absolute Gasteiger partial charge is 0.494 e. The normalized spacial score (nSPS) is 12.9. The molecule has 0 heterocycles. The van der Waals surface area contributed by atoms with Crippen LogP contribution in [0.2, 0.25) is 0 Å². The van der Waals surface area contributed by atoms with Gasteiger partial charge in [-0.15, -0.1) is 0 Å². The molecule has 0 radical (unpaired) electrons. The molecule has 2 rings (SSSR count). The summed E-state index contributed by atoms with van der Waals surface area (Å²) >= 11 is 0. The van der Waals surface area contributed by atoms with E-state index in [1.807, 2.05) is 37.3 Å². The maximum atomic E-state index is 12.5. The minimum absolute atomic E-state index is 0.319. The molecule has 24 heavy (non-hydrogen) atoms. The van der Waals surface area contributed by atoms with Crippen molar-refractivity contribution in [1.29, 1.82) is 0 Å². The number of nitrogens with one attached hydrogen (secondary N) is 1. The Morgan fingerprint density at radius 2 is 1.71 bits per heavy atom. The van der Waals surface area contributed by atoms with Gasteiger partial charge in [-0.3, -0.25) is 9.59 Å². The zero-order valence-electron chi connectivity index (χ0n) is 13.7. The summed E-state index contributed by atoms with van der Waals surface area (Å²) in [7, 11) is 0. The van der Waals surface area contributed by atoms with E-state index in [0.29, 0.717) is 17.9 Å². The lowest BCUT2D eigenvalue weighted by molar-refractivity contribution is -0.142. The van der Waals surface area contributed by atoms with Gasteiger partial charge in [-0.1, -0.05) is 30.3 Å². The number of benzene rings is 2. The molecule has 5 heteroatoms. The van der Waals surface area contributed by atoms with Crippen LogP contribution in [-0.4, -0.2) is 23.6 Å². The highest BCUT2D eigenvalue weighted by Gasteiger charge is 2.27. The number of carbonyl (C=O) groups is 2. The number of rotatable bonds is 7. The molecule has 0 spiro atoms. The average Bonchev–Trinajstić information content (AvgIpc) is 2.60. The fourth-order valence-corrected chi connectivity index (χ4v) is 2.39. The first-order valence-corrected chi connectivity index (χ1v) is 7.84. The van der Waals surface area contributed by atoms with Gasteiger partial charge in [0.25, 0.3) is 5.91 Å². The molecular formula is C19H21NO4. The van der Waals surface area contributed by atoms with E-state index in [9.17, 15) is 14.7 Å². The Balaban J connectivity index is 2.19. The van der Waals surface area contributed by atoms with E-state index in [0.717, 1.165) is 5.56 Å². The van der Waals surface area contributed by atoms with Crippen LogP contribution in [0.15, 0.2) is 54.6 Å². The quantitative estimate of drug-likeness (QED) is 0.818. The summed E-state index contributed by atoms with van der Waals surface area (Å²) in [6, 6.07) is 15.3. The van der Waals surface area contributed by atoms with Crippen molar-refractivity contribution in [1.82, 2.24) is 5.32 Å². The van der Waals surface area contributed by atoms with Crippen molar-refractivity contribution < 1.29 is 19.4 Å². The van der Waals surface area contributed by atoms with Gasteiger partial charge in [-0.2, -0.15) is 0 Å². The molecule has 1 amide bonds. The van der Waals surface area contributed by atoms with E-state index in [1.54, 1.807) is 31.2 Å². The highest BCUT2D eigenvalue weighted by Crippen LogP contribution is 2.23. The second-order valence-corrected chi connectivity index (χ2v) is 5.45. The molecule has 2 atom stereocenters. The lowest BCUT2D eigenvalue weighted by atomic mass is 9.94. The first-order valence-electron chi connectivity index (χ1n) is 7.84. The standard InChI is InChI=1S/C19H21NO4/c1-3-24-16-11-9-15(10-12-16)18(21)20-17(13(2)19(22)23)14-7-5-4-6-8-14/h4-13,17H,3H2,1-2H3,(H,20,21)(H,22,23). The van der Waals surface area contributed by atoms with E-state index in [1.165, 1.54) is 0 Å². The van der Waals surface area contributed by atoms with E-state index in [-0.39, 0.29) is 5.91 Å². The van der Waals surface area contributed by atoms with Gasteiger partial charge in [0.1, 0.15) is 5.75 Å². The highest BCUT2D eigenvalue weighted by atomic mass is 16.5. The van der Waals surface area contributed by atoms with Crippen molar-refractivity contribution in [3.63, 3.8) is 0 Å². The Kier molecular flexibility index (Phi) is 5.95. The Bertz CT molecular complexity index is 682. The van der Waals surface area contributed by atoms with Crippen molar-refractivity contribution in [2.45, 2.75) is 19.9 Å². The number of carboxylic acid groups (broad SMARTS) is 1. The zero-order valence-corrected chi connectivity index (χ0v) is 13.7. The van der Waals surface area contributed by atoms with Gasteiger partial charge < -0.3 is 15.2 Å². The van der Waals surface area contributed by atoms with Crippen LogP contribution in [0.4, 0.5) is 0 Å². The number of hydrogen-bond donors (Lipinski definition) is 2. The fraction of sp³-hybridized carbons (Fsp3) is 0.263. The lowest BCUT2D eigenvalue weighted by Gasteiger charge is -2.23. The van der Waals surface area contributed by atoms with Crippen LogP contribution in [-0.2, 0) is 4.79 Å². The van der Waals surface area contributed by atoms with E-state index in [4.69, 9.17) is 4.74 Å². The lowest BCUT2D eigenvalue weighted by Crippen LogP contribution is -2.35. The molecule has 0 aliphatic heterocycles. The minimum atomic E-state index is -0.962. The van der Waals surface area contributed by atoms with E-state index < -0.39 is 17.9 Å². The number of carbonyl (C=O) groups excluding carboxylic acids is 1. The molecule has 5 nitrogen and oxygen atoms in total. The molecule has 2 aromatic carbocycles. The summed E-state index contributed by atoms with van der Waals surface area (Å²) < 4.78 is 5.35. The minimum Gasteiger partial charge on any atom is -0.494 e. The van der Waals surface area contributed by atoms with Crippen LogP contribution in [0.1, 0.15) is 35.8 Å². The second kappa shape index (κ2) is 8.15. The van der Waals surface area contributed by atoms with Gasteiger partial charge >= 0.3 is 5.97 Å². The van der Waals surface area contributed by atoms with Crippen LogP contribution in [0.25, 0.3) is 0 Å². The SMILES string of the molecule is CCOc1ccc(C(=O)NC(c2ccccc2)C(C)C(=O)O)cc1. The third kappa shape index (κ3) is 4.35. The van der Waals surface area contributed by atoms with Crippen molar-refractivity contribution in [2.24, 2.45) is 5.92 Å². The third-order valence-corrected chi connectivity index (χ3v) is 3.76. The molecule has 0 aliphatic carbocycles. The average molecular weight is 327 g/mol.